The van der Waals surface area contributed by atoms with E-state index in [1.165, 1.54) is 5.56 Å². The summed E-state index contributed by atoms with van der Waals surface area (Å²) in [6.07, 6.45) is 2.32. The summed E-state index contributed by atoms with van der Waals surface area (Å²) < 4.78 is 0. The van der Waals surface area contributed by atoms with Gasteiger partial charge in [0.25, 0.3) is 5.91 Å². The van der Waals surface area contributed by atoms with Crippen LogP contribution >= 0.6 is 11.3 Å². The second-order valence-electron chi connectivity index (χ2n) is 7.66. The molecule has 1 fully saturated rings. The van der Waals surface area contributed by atoms with Crippen molar-refractivity contribution in [2.24, 2.45) is 0 Å². The Morgan fingerprint density at radius 2 is 2.00 bits per heavy atom. The number of carbonyl (C=O) groups is 3. The fourth-order valence-corrected chi connectivity index (χ4v) is 4.98. The van der Waals surface area contributed by atoms with E-state index in [0.717, 1.165) is 28.2 Å². The van der Waals surface area contributed by atoms with Gasteiger partial charge in [0.05, 0.1) is 0 Å². The smallest absolute Gasteiger partial charge is 0.325 e. The maximum absolute atomic E-state index is 13.1. The molecule has 2 aromatic rings. The van der Waals surface area contributed by atoms with Gasteiger partial charge >= 0.3 is 6.03 Å². The molecular weight excluding hydrogens is 374 g/mol. The van der Waals surface area contributed by atoms with Crippen LogP contribution in [-0.2, 0) is 21.5 Å². The quantitative estimate of drug-likeness (QED) is 0.774. The number of carbonyl (C=O) groups excluding carboxylic acids is 3. The molecular formula is C21H23N3O3S. The molecule has 2 aliphatic rings. The largest absolute Gasteiger partial charge is 0.325 e. The third-order valence-electron chi connectivity index (χ3n) is 5.50. The number of urea groups is 1. The normalized spacial score (nSPS) is 21.2. The van der Waals surface area contributed by atoms with Crippen LogP contribution in [0.5, 0.6) is 0 Å². The molecule has 1 atom stereocenters. The highest BCUT2D eigenvalue weighted by molar-refractivity contribution is 7.10. The minimum Gasteiger partial charge on any atom is -0.325 e. The number of amides is 4. The molecule has 146 valence electrons. The number of benzene rings is 1. The van der Waals surface area contributed by atoms with Crippen molar-refractivity contribution >= 4 is 34.9 Å². The zero-order chi connectivity index (χ0) is 19.9. The zero-order valence-corrected chi connectivity index (χ0v) is 16.8. The van der Waals surface area contributed by atoms with Crippen molar-refractivity contribution in [2.75, 3.05) is 11.9 Å². The molecule has 1 aliphatic carbocycles. The average molecular weight is 398 g/mol. The Morgan fingerprint density at radius 1 is 1.25 bits per heavy atom. The van der Waals surface area contributed by atoms with Gasteiger partial charge in [-0.15, -0.1) is 11.3 Å². The lowest BCUT2D eigenvalue weighted by Crippen LogP contribution is -2.46. The van der Waals surface area contributed by atoms with Crippen LogP contribution in [0.3, 0.4) is 0 Å². The van der Waals surface area contributed by atoms with Gasteiger partial charge in [0.2, 0.25) is 5.91 Å². The molecule has 0 bridgehead atoms. The summed E-state index contributed by atoms with van der Waals surface area (Å²) in [5.74, 6) is -0.314. The van der Waals surface area contributed by atoms with Crippen LogP contribution in [0.15, 0.2) is 35.7 Å². The predicted octanol–water partition coefficient (Wildman–Crippen LogP) is 3.59. The number of hydrogen-bond donors (Lipinski definition) is 2. The first-order chi connectivity index (χ1) is 13.4. The second kappa shape index (κ2) is 7.05. The minimum atomic E-state index is -1.01. The molecule has 7 heteroatoms. The van der Waals surface area contributed by atoms with E-state index in [0.29, 0.717) is 18.0 Å². The highest BCUT2D eigenvalue weighted by Gasteiger charge is 2.54. The molecule has 0 unspecified atom stereocenters. The molecule has 28 heavy (non-hydrogen) atoms. The number of imide groups is 1. The monoisotopic (exact) mass is 397 g/mol. The van der Waals surface area contributed by atoms with Gasteiger partial charge in [-0.25, -0.2) is 4.79 Å². The Hall–Kier alpha value is -2.67. The van der Waals surface area contributed by atoms with Crippen molar-refractivity contribution in [1.82, 2.24) is 10.2 Å². The first kappa shape index (κ1) is 18.7. The molecule has 1 spiro atoms. The van der Waals surface area contributed by atoms with Gasteiger partial charge in [-0.3, -0.25) is 14.5 Å². The SMILES string of the molecule is CC(C)c1ccc(NC(=O)CN2C(=O)N[C@]3(CCCc4sccc43)C2=O)cc1. The van der Waals surface area contributed by atoms with Gasteiger partial charge < -0.3 is 10.6 Å². The first-order valence-corrected chi connectivity index (χ1v) is 10.4. The Bertz CT molecular complexity index is 935. The minimum absolute atomic E-state index is 0.294. The Kier molecular flexibility index (Phi) is 4.71. The molecule has 1 aliphatic heterocycles. The summed E-state index contributed by atoms with van der Waals surface area (Å²) in [6, 6.07) is 9.00. The standard InChI is InChI=1S/C21H23N3O3S/c1-13(2)14-5-7-15(8-6-14)22-18(25)12-24-19(26)21(23-20(24)27)10-3-4-17-16(21)9-11-28-17/h5-9,11,13H,3-4,10,12H2,1-2H3,(H,22,25)(H,23,27)/t21-/m0/s1. The van der Waals surface area contributed by atoms with E-state index in [1.807, 2.05) is 35.7 Å². The number of aryl methyl sites for hydroxylation is 1. The maximum atomic E-state index is 13.1. The van der Waals surface area contributed by atoms with Gasteiger partial charge in [0.1, 0.15) is 12.1 Å². The Morgan fingerprint density at radius 3 is 2.71 bits per heavy atom. The van der Waals surface area contributed by atoms with E-state index >= 15 is 0 Å². The highest BCUT2D eigenvalue weighted by atomic mass is 32.1. The number of hydrogen-bond acceptors (Lipinski definition) is 4. The van der Waals surface area contributed by atoms with E-state index in [4.69, 9.17) is 0 Å². The van der Waals surface area contributed by atoms with Crippen molar-refractivity contribution in [3.8, 4) is 0 Å². The third-order valence-corrected chi connectivity index (χ3v) is 6.48. The summed E-state index contributed by atoms with van der Waals surface area (Å²) >= 11 is 1.61. The lowest BCUT2D eigenvalue weighted by atomic mass is 9.80. The molecule has 4 amide bonds. The molecule has 2 heterocycles. The van der Waals surface area contributed by atoms with Gasteiger partial charge in [0.15, 0.2) is 0 Å². The maximum Gasteiger partial charge on any atom is 0.325 e. The van der Waals surface area contributed by atoms with Crippen LogP contribution in [-0.4, -0.2) is 29.3 Å². The Balaban J connectivity index is 1.48. The van der Waals surface area contributed by atoms with E-state index in [-0.39, 0.29) is 18.4 Å². The van der Waals surface area contributed by atoms with Crippen LogP contribution in [0.4, 0.5) is 10.5 Å². The number of nitrogens with one attached hydrogen (secondary N) is 2. The van der Waals surface area contributed by atoms with Crippen LogP contribution in [0.1, 0.15) is 48.6 Å². The zero-order valence-electron chi connectivity index (χ0n) is 16.0. The summed E-state index contributed by atoms with van der Waals surface area (Å²) in [7, 11) is 0. The molecule has 1 saturated heterocycles. The summed E-state index contributed by atoms with van der Waals surface area (Å²) in [6.45, 7) is 3.91. The van der Waals surface area contributed by atoms with Crippen molar-refractivity contribution in [2.45, 2.75) is 44.6 Å². The van der Waals surface area contributed by atoms with Crippen LogP contribution in [0.2, 0.25) is 0 Å². The number of anilines is 1. The molecule has 0 radical (unpaired) electrons. The summed E-state index contributed by atoms with van der Waals surface area (Å²) in [5.41, 5.74) is 1.70. The van der Waals surface area contributed by atoms with Crippen LogP contribution in [0, 0.1) is 0 Å². The molecule has 6 nitrogen and oxygen atoms in total. The lowest BCUT2D eigenvalue weighted by molar-refractivity contribution is -0.134. The van der Waals surface area contributed by atoms with E-state index < -0.39 is 11.6 Å². The lowest BCUT2D eigenvalue weighted by Gasteiger charge is -2.31. The fraction of sp³-hybridized carbons (Fsp3) is 0.381. The molecule has 0 saturated carbocycles. The van der Waals surface area contributed by atoms with Gasteiger partial charge in [0, 0.05) is 16.1 Å². The summed E-state index contributed by atoms with van der Waals surface area (Å²) in [5, 5.41) is 7.59. The van der Waals surface area contributed by atoms with E-state index in [1.54, 1.807) is 11.3 Å². The van der Waals surface area contributed by atoms with E-state index in [9.17, 15) is 14.4 Å². The predicted molar refractivity (Wildman–Crippen MR) is 108 cm³/mol. The van der Waals surface area contributed by atoms with Crippen molar-refractivity contribution in [3.63, 3.8) is 0 Å². The topological polar surface area (TPSA) is 78.5 Å². The molecule has 4 rings (SSSR count). The van der Waals surface area contributed by atoms with Gasteiger partial charge in [-0.2, -0.15) is 0 Å². The average Bonchev–Trinajstić information content (AvgIpc) is 3.23. The number of nitrogens with zero attached hydrogens (tertiary/aromatic N) is 1. The van der Waals surface area contributed by atoms with Crippen molar-refractivity contribution in [3.05, 3.63) is 51.7 Å². The van der Waals surface area contributed by atoms with Crippen LogP contribution < -0.4 is 10.6 Å². The van der Waals surface area contributed by atoms with Crippen LogP contribution in [0.25, 0.3) is 0 Å². The van der Waals surface area contributed by atoms with Gasteiger partial charge in [-0.05, 0) is 54.3 Å². The number of rotatable bonds is 4. The fourth-order valence-electron chi connectivity index (χ4n) is 3.98. The highest BCUT2D eigenvalue weighted by Crippen LogP contribution is 2.42. The third kappa shape index (κ3) is 3.09. The Labute approximate surface area is 167 Å². The van der Waals surface area contributed by atoms with Crippen molar-refractivity contribution < 1.29 is 14.4 Å². The van der Waals surface area contributed by atoms with E-state index in [2.05, 4.69) is 24.5 Å². The molecule has 2 N–H and O–H groups in total. The second-order valence-corrected chi connectivity index (χ2v) is 8.66. The van der Waals surface area contributed by atoms with Gasteiger partial charge in [-0.1, -0.05) is 26.0 Å². The molecule has 1 aromatic carbocycles. The van der Waals surface area contributed by atoms with Crippen molar-refractivity contribution in [1.29, 1.82) is 0 Å². The summed E-state index contributed by atoms with van der Waals surface area (Å²) in [4.78, 5) is 40.3. The first-order valence-electron chi connectivity index (χ1n) is 9.51. The number of fused-ring (bicyclic) bond motifs is 2. The molecule has 1 aromatic heterocycles. The number of thiophene rings is 1.